The van der Waals surface area contributed by atoms with Gasteiger partial charge in [-0.1, -0.05) is 41.4 Å². The van der Waals surface area contributed by atoms with Crippen molar-refractivity contribution in [3.63, 3.8) is 0 Å². The molecule has 2 N–H and O–H groups in total. The molecule has 3 aromatic rings. The number of hydrogen-bond donors (Lipinski definition) is 2. The number of aromatic nitrogens is 1. The van der Waals surface area contributed by atoms with Crippen molar-refractivity contribution >= 4 is 34.0 Å². The van der Waals surface area contributed by atoms with Gasteiger partial charge in [-0.15, -0.1) is 0 Å². The average molecular weight is 389 g/mol. The fourth-order valence-electron chi connectivity index (χ4n) is 3.88. The fourth-order valence-corrected chi connectivity index (χ4v) is 4.47. The summed E-state index contributed by atoms with van der Waals surface area (Å²) in [6.07, 6.45) is -0.0765. The Balaban J connectivity index is 1.68. The smallest absolute Gasteiger partial charge is 0.256 e. The van der Waals surface area contributed by atoms with Crippen LogP contribution >= 0.6 is 23.2 Å². The molecule has 0 radical (unpaired) electrons. The van der Waals surface area contributed by atoms with Crippen LogP contribution in [0.3, 0.4) is 0 Å². The third-order valence-corrected chi connectivity index (χ3v) is 5.55. The highest BCUT2D eigenvalue weighted by molar-refractivity contribution is 6.35. The van der Waals surface area contributed by atoms with Crippen LogP contribution in [0.25, 0.3) is 10.8 Å². The van der Waals surface area contributed by atoms with Gasteiger partial charge in [-0.2, -0.15) is 0 Å². The van der Waals surface area contributed by atoms with Gasteiger partial charge < -0.3 is 10.1 Å². The second kappa shape index (κ2) is 6.71. The maximum atomic E-state index is 12.3. The number of aliphatic hydroxyl groups is 1. The quantitative estimate of drug-likeness (QED) is 0.714. The largest absolute Gasteiger partial charge is 0.391 e. The van der Waals surface area contributed by atoms with Crippen molar-refractivity contribution in [1.29, 1.82) is 0 Å². The lowest BCUT2D eigenvalue weighted by Gasteiger charge is -2.28. The van der Waals surface area contributed by atoms with Crippen LogP contribution < -0.4 is 5.56 Å². The number of aromatic amines is 1. The van der Waals surface area contributed by atoms with Crippen LogP contribution in [0.1, 0.15) is 22.9 Å². The van der Waals surface area contributed by atoms with E-state index in [4.69, 9.17) is 23.2 Å². The highest BCUT2D eigenvalue weighted by atomic mass is 35.5. The van der Waals surface area contributed by atoms with Crippen molar-refractivity contribution in [2.45, 2.75) is 25.1 Å². The topological polar surface area (TPSA) is 56.3 Å². The van der Waals surface area contributed by atoms with E-state index in [9.17, 15) is 9.90 Å². The summed E-state index contributed by atoms with van der Waals surface area (Å²) in [6, 6.07) is 12.8. The van der Waals surface area contributed by atoms with E-state index in [0.29, 0.717) is 28.4 Å². The second-order valence-electron chi connectivity index (χ2n) is 6.80. The third-order valence-electron chi connectivity index (χ3n) is 4.99. The van der Waals surface area contributed by atoms with Crippen molar-refractivity contribution in [1.82, 2.24) is 9.88 Å². The molecule has 1 aliphatic carbocycles. The summed E-state index contributed by atoms with van der Waals surface area (Å²) in [5.74, 6) is 0. The first-order valence-electron chi connectivity index (χ1n) is 8.41. The number of aliphatic hydroxyl groups excluding tert-OH is 1. The summed E-state index contributed by atoms with van der Waals surface area (Å²) in [6.45, 7) is 0.491. The number of fused-ring (bicyclic) bond motifs is 2. The number of pyridine rings is 1. The number of rotatable bonds is 3. The van der Waals surface area contributed by atoms with Gasteiger partial charge in [0.1, 0.15) is 0 Å². The number of nitrogens with zero attached hydrogens (tertiary/aromatic N) is 1. The lowest BCUT2D eigenvalue weighted by molar-refractivity contribution is 0.0718. The summed E-state index contributed by atoms with van der Waals surface area (Å²) in [5.41, 5.74) is 2.57. The average Bonchev–Trinajstić information content (AvgIpc) is 2.91. The Morgan fingerprint density at radius 1 is 1.23 bits per heavy atom. The van der Waals surface area contributed by atoms with Crippen LogP contribution in [0.15, 0.2) is 47.3 Å². The zero-order valence-corrected chi connectivity index (χ0v) is 15.7. The second-order valence-corrected chi connectivity index (χ2v) is 7.64. The number of likely N-dealkylation sites (N-methyl/N-ethyl adjacent to an activating group) is 1. The highest BCUT2D eigenvalue weighted by Crippen LogP contribution is 2.41. The van der Waals surface area contributed by atoms with Gasteiger partial charge in [0.2, 0.25) is 0 Å². The molecule has 1 aliphatic rings. The number of nitrogens with one attached hydrogen (secondary N) is 1. The highest BCUT2D eigenvalue weighted by Gasteiger charge is 2.35. The van der Waals surface area contributed by atoms with Crippen LogP contribution in [0.2, 0.25) is 10.0 Å². The number of H-pyrrole nitrogens is 1. The van der Waals surface area contributed by atoms with E-state index in [-0.39, 0.29) is 11.6 Å². The van der Waals surface area contributed by atoms with E-state index in [1.807, 2.05) is 48.3 Å². The maximum absolute atomic E-state index is 12.3. The Morgan fingerprint density at radius 3 is 2.81 bits per heavy atom. The summed E-state index contributed by atoms with van der Waals surface area (Å²) >= 11 is 12.5. The molecule has 2 atom stereocenters. The summed E-state index contributed by atoms with van der Waals surface area (Å²) in [4.78, 5) is 17.2. The van der Waals surface area contributed by atoms with Gasteiger partial charge in [0.15, 0.2) is 0 Å². The number of hydrogen-bond acceptors (Lipinski definition) is 3. The molecule has 0 unspecified atom stereocenters. The van der Waals surface area contributed by atoms with Crippen LogP contribution in [0.4, 0.5) is 0 Å². The molecule has 26 heavy (non-hydrogen) atoms. The standard InChI is InChI=1S/C20H18Cl2N2O2/c1-24(10-13-6-11-4-2-3-5-14(11)20(26)23-13)19-16-7-12(21)8-17(22)15(16)9-18(19)25/h2-8,18-19,25H,9-10H2,1H3,(H,23,26)/t18-,19-/m1/s1. The summed E-state index contributed by atoms with van der Waals surface area (Å²) in [5, 5.41) is 13.3. The van der Waals surface area contributed by atoms with E-state index in [1.54, 1.807) is 6.07 Å². The van der Waals surface area contributed by atoms with E-state index in [2.05, 4.69) is 4.98 Å². The zero-order chi connectivity index (χ0) is 18.4. The van der Waals surface area contributed by atoms with Gasteiger partial charge >= 0.3 is 0 Å². The molecular weight excluding hydrogens is 371 g/mol. The summed E-state index contributed by atoms with van der Waals surface area (Å²) in [7, 11) is 1.92. The molecule has 0 saturated heterocycles. The molecule has 0 bridgehead atoms. The Hall–Kier alpha value is -1.85. The van der Waals surface area contributed by atoms with Crippen molar-refractivity contribution < 1.29 is 5.11 Å². The first-order chi connectivity index (χ1) is 12.4. The predicted octanol–water partition coefficient (Wildman–Crippen LogP) is 3.93. The van der Waals surface area contributed by atoms with E-state index in [1.165, 1.54) is 0 Å². The van der Waals surface area contributed by atoms with Gasteiger partial charge in [0.25, 0.3) is 5.56 Å². The minimum Gasteiger partial charge on any atom is -0.391 e. The first-order valence-corrected chi connectivity index (χ1v) is 9.16. The maximum Gasteiger partial charge on any atom is 0.256 e. The van der Waals surface area contributed by atoms with E-state index in [0.717, 1.165) is 22.2 Å². The van der Waals surface area contributed by atoms with Crippen molar-refractivity contribution in [3.05, 3.63) is 79.7 Å². The van der Waals surface area contributed by atoms with Crippen molar-refractivity contribution in [3.8, 4) is 0 Å². The zero-order valence-electron chi connectivity index (χ0n) is 14.2. The molecule has 0 aliphatic heterocycles. The lowest BCUT2D eigenvalue weighted by Crippen LogP contribution is -2.31. The van der Waals surface area contributed by atoms with E-state index >= 15 is 0 Å². The van der Waals surface area contributed by atoms with Gasteiger partial charge in [-0.25, -0.2) is 0 Å². The van der Waals surface area contributed by atoms with Gasteiger partial charge in [-0.3, -0.25) is 9.69 Å². The Morgan fingerprint density at radius 2 is 2.00 bits per heavy atom. The minimum absolute atomic E-state index is 0.107. The van der Waals surface area contributed by atoms with Gasteiger partial charge in [0.05, 0.1) is 12.1 Å². The van der Waals surface area contributed by atoms with Crippen LogP contribution in [0, 0.1) is 0 Å². The molecule has 6 heteroatoms. The minimum atomic E-state index is -0.571. The molecular formula is C20H18Cl2N2O2. The fraction of sp³-hybridized carbons (Fsp3) is 0.250. The molecule has 1 aromatic heterocycles. The molecule has 2 aromatic carbocycles. The molecule has 0 spiro atoms. The monoisotopic (exact) mass is 388 g/mol. The summed E-state index contributed by atoms with van der Waals surface area (Å²) < 4.78 is 0. The molecule has 4 rings (SSSR count). The molecule has 4 nitrogen and oxygen atoms in total. The number of halogens is 2. The predicted molar refractivity (Wildman–Crippen MR) is 105 cm³/mol. The normalized spacial score (nSPS) is 19.3. The lowest BCUT2D eigenvalue weighted by atomic mass is 10.1. The van der Waals surface area contributed by atoms with Crippen molar-refractivity contribution in [2.24, 2.45) is 0 Å². The molecule has 0 fully saturated rings. The molecule has 1 heterocycles. The first kappa shape index (κ1) is 17.6. The Kier molecular flexibility index (Phi) is 4.53. The molecule has 0 saturated carbocycles. The van der Waals surface area contributed by atoms with Crippen LogP contribution in [0.5, 0.6) is 0 Å². The molecule has 134 valence electrons. The third kappa shape index (κ3) is 3.03. The Labute approximate surface area is 161 Å². The van der Waals surface area contributed by atoms with Gasteiger partial charge in [-0.05, 0) is 47.8 Å². The van der Waals surface area contributed by atoms with E-state index < -0.39 is 6.10 Å². The van der Waals surface area contributed by atoms with Crippen molar-refractivity contribution in [2.75, 3.05) is 7.05 Å². The Bertz CT molecular complexity index is 1050. The SMILES string of the molecule is CN(Cc1cc2ccccc2c(=O)[nH]1)[C@@H]1c2cc(Cl)cc(Cl)c2C[C@H]1O. The van der Waals surface area contributed by atoms with Crippen LogP contribution in [-0.4, -0.2) is 28.1 Å². The number of benzene rings is 2. The van der Waals surface area contributed by atoms with Crippen LogP contribution in [-0.2, 0) is 13.0 Å². The molecule has 0 amide bonds. The van der Waals surface area contributed by atoms with Gasteiger partial charge in [0, 0.05) is 34.1 Å².